The van der Waals surface area contributed by atoms with Crippen molar-refractivity contribution in [2.75, 3.05) is 0 Å². The second-order valence-electron chi connectivity index (χ2n) is 6.78. The van der Waals surface area contributed by atoms with Crippen LogP contribution in [0.25, 0.3) is 0 Å². The molecule has 0 unspecified atom stereocenters. The first-order valence-electron chi connectivity index (χ1n) is 7.92. The molecule has 0 aliphatic rings. The van der Waals surface area contributed by atoms with Gasteiger partial charge in [0.2, 0.25) is 5.82 Å². The molecule has 2 nitrogen and oxygen atoms in total. The number of hydrogen-bond acceptors (Lipinski definition) is 2. The van der Waals surface area contributed by atoms with E-state index in [4.69, 9.17) is 0 Å². The summed E-state index contributed by atoms with van der Waals surface area (Å²) in [6.45, 7) is 7.17. The van der Waals surface area contributed by atoms with E-state index in [0.717, 1.165) is 0 Å². The molecule has 0 aliphatic carbocycles. The molecule has 0 atom stereocenters. The number of nitrogens with zero attached hydrogens (tertiary/aromatic N) is 1. The van der Waals surface area contributed by atoms with Crippen molar-refractivity contribution in [3.63, 3.8) is 0 Å². The Morgan fingerprint density at radius 3 is 1.76 bits per heavy atom. The molecule has 0 saturated heterocycles. The summed E-state index contributed by atoms with van der Waals surface area (Å²) in [5, 5.41) is 10.5. The van der Waals surface area contributed by atoms with E-state index < -0.39 is 40.2 Å². The maximum Gasteiger partial charge on any atom is 0.200 e. The first kappa shape index (κ1) is 30.1. The van der Waals surface area contributed by atoms with Crippen LogP contribution in [-0.2, 0) is 27.1 Å². The van der Waals surface area contributed by atoms with Gasteiger partial charge in [-0.15, -0.1) is 24.8 Å². The van der Waals surface area contributed by atoms with Crippen molar-refractivity contribution >= 4 is 36.2 Å². The van der Waals surface area contributed by atoms with Crippen molar-refractivity contribution in [1.82, 2.24) is 0 Å². The summed E-state index contributed by atoms with van der Waals surface area (Å²) in [6, 6.07) is 4.78. The fourth-order valence-corrected chi connectivity index (χ4v) is 2.54. The number of halogens is 7. The van der Waals surface area contributed by atoms with Crippen molar-refractivity contribution in [2.24, 2.45) is 4.99 Å². The number of para-hydroxylation sites is 1. The van der Waals surface area contributed by atoms with Crippen molar-refractivity contribution in [2.45, 2.75) is 39.5 Å². The SMILES string of the molecule is CCC(=Nc1c(F)c(F)c(F)c(F)c1F)c1cccc(C(C)(C)C)c1O.Cl.Cl.[Ti]. The van der Waals surface area contributed by atoms with E-state index in [9.17, 15) is 27.1 Å². The number of phenolic OH excluding ortho intramolecular Hbond substituents is 1. The van der Waals surface area contributed by atoms with Gasteiger partial charge in [0.1, 0.15) is 11.4 Å². The average Bonchev–Trinajstić information content (AvgIpc) is 2.58. The predicted molar refractivity (Wildman–Crippen MR) is 104 cm³/mol. The molecule has 0 aromatic heterocycles. The number of aliphatic imine (C=N–C) groups is 1. The van der Waals surface area contributed by atoms with Crippen molar-refractivity contribution < 1.29 is 48.8 Å². The number of hydrogen-bond donors (Lipinski definition) is 1. The van der Waals surface area contributed by atoms with Crippen molar-refractivity contribution in [3.05, 3.63) is 58.4 Å². The molecule has 0 radical (unpaired) electrons. The van der Waals surface area contributed by atoms with E-state index >= 15 is 0 Å². The quantitative estimate of drug-likeness (QED) is 0.166. The molecular formula is C19H20Cl2F5NOTi. The monoisotopic (exact) mass is 491 g/mol. The molecule has 0 amide bonds. The van der Waals surface area contributed by atoms with Gasteiger partial charge in [-0.3, -0.25) is 0 Å². The summed E-state index contributed by atoms with van der Waals surface area (Å²) in [5.74, 6) is -10.5. The minimum Gasteiger partial charge on any atom is -0.507 e. The van der Waals surface area contributed by atoms with Crippen LogP contribution in [0.1, 0.15) is 45.2 Å². The smallest absolute Gasteiger partial charge is 0.200 e. The summed E-state index contributed by atoms with van der Waals surface area (Å²) in [4.78, 5) is 3.65. The molecule has 0 bridgehead atoms. The number of benzene rings is 2. The molecule has 2 aromatic carbocycles. The third-order valence-electron chi connectivity index (χ3n) is 3.92. The van der Waals surface area contributed by atoms with E-state index in [0.29, 0.717) is 5.56 Å². The van der Waals surface area contributed by atoms with Gasteiger partial charge in [0, 0.05) is 27.3 Å². The van der Waals surface area contributed by atoms with Gasteiger partial charge in [-0.1, -0.05) is 39.8 Å². The maximum atomic E-state index is 13.9. The first-order valence-corrected chi connectivity index (χ1v) is 7.92. The molecular weight excluding hydrogens is 472 g/mol. The molecule has 0 spiro atoms. The van der Waals surface area contributed by atoms with Crippen LogP contribution in [0.2, 0.25) is 0 Å². The molecule has 160 valence electrons. The zero-order chi connectivity index (χ0) is 19.8. The van der Waals surface area contributed by atoms with Crippen LogP contribution in [0.15, 0.2) is 23.2 Å². The van der Waals surface area contributed by atoms with Gasteiger partial charge in [0.15, 0.2) is 23.3 Å². The number of aromatic hydroxyl groups is 1. The van der Waals surface area contributed by atoms with E-state index in [1.807, 2.05) is 20.8 Å². The Morgan fingerprint density at radius 2 is 1.34 bits per heavy atom. The Labute approximate surface area is 193 Å². The van der Waals surface area contributed by atoms with Crippen LogP contribution in [-0.4, -0.2) is 10.8 Å². The van der Waals surface area contributed by atoms with E-state index in [1.54, 1.807) is 19.1 Å². The summed E-state index contributed by atoms with van der Waals surface area (Å²) >= 11 is 0. The molecule has 0 saturated carbocycles. The normalized spacial score (nSPS) is 11.3. The maximum absolute atomic E-state index is 13.9. The van der Waals surface area contributed by atoms with E-state index in [-0.39, 0.29) is 70.0 Å². The standard InChI is InChI=1S/C19H18F5NO.2ClH.Ti/c1-5-11(9-7-6-8-10(18(9)26)19(2,3)4)25-17-15(23)13(21)12(20)14(22)16(17)24;;;/h6-8,26H,5H2,1-4H3;2*1H;. The Balaban J connectivity index is 0. The molecule has 0 aliphatic heterocycles. The van der Waals surface area contributed by atoms with Crippen LogP contribution in [0.5, 0.6) is 5.75 Å². The van der Waals surface area contributed by atoms with Crippen molar-refractivity contribution in [1.29, 1.82) is 0 Å². The first-order chi connectivity index (χ1) is 12.0. The van der Waals surface area contributed by atoms with Crippen LogP contribution in [0.4, 0.5) is 27.6 Å². The van der Waals surface area contributed by atoms with E-state index in [1.165, 1.54) is 6.07 Å². The molecule has 2 rings (SSSR count). The van der Waals surface area contributed by atoms with Gasteiger partial charge >= 0.3 is 0 Å². The minimum atomic E-state index is -2.24. The van der Waals surface area contributed by atoms with Crippen LogP contribution >= 0.6 is 24.8 Å². The third-order valence-corrected chi connectivity index (χ3v) is 3.92. The predicted octanol–water partition coefficient (Wildman–Crippen LogP) is 6.76. The largest absolute Gasteiger partial charge is 0.507 e. The Hall–Kier alpha value is -1.15. The van der Waals surface area contributed by atoms with Crippen LogP contribution in [0, 0.1) is 29.1 Å². The van der Waals surface area contributed by atoms with E-state index in [2.05, 4.69) is 4.99 Å². The fraction of sp³-hybridized carbons (Fsp3) is 0.316. The summed E-state index contributed by atoms with van der Waals surface area (Å²) < 4.78 is 67.7. The van der Waals surface area contributed by atoms with Gasteiger partial charge in [-0.25, -0.2) is 26.9 Å². The topological polar surface area (TPSA) is 32.6 Å². The second-order valence-corrected chi connectivity index (χ2v) is 6.78. The molecule has 1 N–H and O–H groups in total. The van der Waals surface area contributed by atoms with Crippen LogP contribution in [0.3, 0.4) is 0 Å². The van der Waals surface area contributed by atoms with Gasteiger partial charge in [-0.2, -0.15) is 0 Å². The van der Waals surface area contributed by atoms with Gasteiger partial charge in [0.05, 0.1) is 5.71 Å². The Kier molecular flexibility index (Phi) is 11.7. The second kappa shape index (κ2) is 11.3. The Bertz CT molecular complexity index is 872. The number of phenols is 1. The summed E-state index contributed by atoms with van der Waals surface area (Å²) in [6.07, 6.45) is 0.0979. The van der Waals surface area contributed by atoms with Gasteiger partial charge < -0.3 is 5.11 Å². The van der Waals surface area contributed by atoms with Crippen LogP contribution < -0.4 is 0 Å². The molecule has 29 heavy (non-hydrogen) atoms. The number of rotatable bonds is 3. The summed E-state index contributed by atoms with van der Waals surface area (Å²) in [7, 11) is 0. The van der Waals surface area contributed by atoms with Gasteiger partial charge in [-0.05, 0) is 23.5 Å². The summed E-state index contributed by atoms with van der Waals surface area (Å²) in [5.41, 5.74) is -0.975. The fourth-order valence-electron chi connectivity index (χ4n) is 2.54. The minimum absolute atomic E-state index is 0. The van der Waals surface area contributed by atoms with Gasteiger partial charge in [0.25, 0.3) is 0 Å². The zero-order valence-electron chi connectivity index (χ0n) is 16.0. The molecule has 2 aromatic rings. The zero-order valence-corrected chi connectivity index (χ0v) is 19.2. The molecule has 10 heteroatoms. The third kappa shape index (κ3) is 5.94. The Morgan fingerprint density at radius 1 is 0.897 bits per heavy atom. The molecule has 0 heterocycles. The van der Waals surface area contributed by atoms with Crippen molar-refractivity contribution in [3.8, 4) is 5.75 Å². The average molecular weight is 492 g/mol. The molecule has 0 fully saturated rings.